The Morgan fingerprint density at radius 2 is 2.10 bits per heavy atom. The minimum absolute atomic E-state index is 0.756. The lowest BCUT2D eigenvalue weighted by Gasteiger charge is -2.09. The molecule has 3 aromatic rings. The monoisotopic (exact) mass is 313 g/mol. The third-order valence-electron chi connectivity index (χ3n) is 4.03. The Bertz CT molecular complexity index is 863. The number of aryl methyl sites for hydroxylation is 1. The van der Waals surface area contributed by atoms with Crippen molar-refractivity contribution in [2.24, 2.45) is 0 Å². The second-order valence-corrected chi connectivity index (χ2v) is 6.77. The summed E-state index contributed by atoms with van der Waals surface area (Å²) >= 11 is 7.22. The van der Waals surface area contributed by atoms with E-state index in [-0.39, 0.29) is 0 Å². The summed E-state index contributed by atoms with van der Waals surface area (Å²) in [4.78, 5) is 12.6. The first kappa shape index (κ1) is 13.1. The Morgan fingerprint density at radius 3 is 3.05 bits per heavy atom. The number of hydrogen-bond acceptors (Lipinski definition) is 4. The maximum atomic E-state index is 5.52. The van der Waals surface area contributed by atoms with E-state index in [9.17, 15) is 0 Å². The quantitative estimate of drug-likeness (QED) is 0.523. The highest BCUT2D eigenvalue weighted by Gasteiger charge is 2.13. The minimum atomic E-state index is 0.756. The van der Waals surface area contributed by atoms with Gasteiger partial charge in [-0.05, 0) is 43.2 Å². The van der Waals surface area contributed by atoms with E-state index in [4.69, 9.17) is 12.2 Å². The van der Waals surface area contributed by atoms with Gasteiger partial charge in [-0.1, -0.05) is 18.6 Å². The van der Waals surface area contributed by atoms with E-state index in [1.165, 1.54) is 35.2 Å². The van der Waals surface area contributed by atoms with E-state index in [0.29, 0.717) is 0 Å². The van der Waals surface area contributed by atoms with Crippen LogP contribution in [0.3, 0.4) is 0 Å². The summed E-state index contributed by atoms with van der Waals surface area (Å²) in [7, 11) is 0. The van der Waals surface area contributed by atoms with Crippen molar-refractivity contribution in [3.05, 3.63) is 39.6 Å². The Labute approximate surface area is 132 Å². The summed E-state index contributed by atoms with van der Waals surface area (Å²) in [6.45, 7) is 0. The Hall–Kier alpha value is -1.59. The molecule has 0 spiro atoms. The number of aromatic amines is 1. The van der Waals surface area contributed by atoms with Crippen LogP contribution in [0.4, 0.5) is 0 Å². The Morgan fingerprint density at radius 1 is 1.19 bits per heavy atom. The van der Waals surface area contributed by atoms with Crippen molar-refractivity contribution in [1.29, 1.82) is 0 Å². The number of aromatic nitrogens is 3. The zero-order valence-corrected chi connectivity index (χ0v) is 13.2. The van der Waals surface area contributed by atoms with Crippen LogP contribution < -0.4 is 0 Å². The number of nitrogens with one attached hydrogen (secondary N) is 1. The van der Waals surface area contributed by atoms with Gasteiger partial charge in [0.05, 0.1) is 10.2 Å². The maximum Gasteiger partial charge on any atom is 0.140 e. The van der Waals surface area contributed by atoms with Crippen LogP contribution in [0.25, 0.3) is 21.6 Å². The fourth-order valence-electron chi connectivity index (χ4n) is 2.91. The SMILES string of the molecule is S=c1nc(-c2cnc3ccsc3c2)[nH]c2c1CCCCC2. The lowest BCUT2D eigenvalue weighted by atomic mass is 10.1. The third kappa shape index (κ3) is 2.40. The zero-order chi connectivity index (χ0) is 14.2. The van der Waals surface area contributed by atoms with Crippen LogP contribution in [0.5, 0.6) is 0 Å². The summed E-state index contributed by atoms with van der Waals surface area (Å²) < 4.78 is 1.94. The van der Waals surface area contributed by atoms with Crippen LogP contribution in [-0.2, 0) is 12.8 Å². The van der Waals surface area contributed by atoms with Gasteiger partial charge in [-0.15, -0.1) is 11.3 Å². The highest BCUT2D eigenvalue weighted by atomic mass is 32.1. The molecule has 0 aliphatic heterocycles. The van der Waals surface area contributed by atoms with Crippen LogP contribution in [-0.4, -0.2) is 15.0 Å². The van der Waals surface area contributed by atoms with Gasteiger partial charge in [-0.3, -0.25) is 4.98 Å². The molecule has 5 heteroatoms. The number of hydrogen-bond donors (Lipinski definition) is 1. The summed E-state index contributed by atoms with van der Waals surface area (Å²) in [6, 6.07) is 4.18. The second-order valence-electron chi connectivity index (χ2n) is 5.44. The van der Waals surface area contributed by atoms with Crippen molar-refractivity contribution < 1.29 is 0 Å². The molecule has 3 heterocycles. The van der Waals surface area contributed by atoms with Crippen molar-refractivity contribution in [3.8, 4) is 11.4 Å². The second kappa shape index (κ2) is 5.31. The molecule has 0 saturated carbocycles. The molecule has 0 atom stereocenters. The normalized spacial score (nSPS) is 14.9. The topological polar surface area (TPSA) is 41.6 Å². The van der Waals surface area contributed by atoms with Gasteiger partial charge < -0.3 is 4.98 Å². The molecule has 1 aliphatic carbocycles. The highest BCUT2D eigenvalue weighted by molar-refractivity contribution is 7.71. The van der Waals surface area contributed by atoms with Gasteiger partial charge in [0.2, 0.25) is 0 Å². The van der Waals surface area contributed by atoms with Crippen LogP contribution in [0.2, 0.25) is 0 Å². The molecule has 0 radical (unpaired) electrons. The number of H-pyrrole nitrogens is 1. The Balaban J connectivity index is 1.86. The molecule has 0 aromatic carbocycles. The molecule has 0 bridgehead atoms. The Kier molecular flexibility index (Phi) is 3.31. The number of nitrogens with zero attached hydrogens (tertiary/aromatic N) is 2. The fourth-order valence-corrected chi connectivity index (χ4v) is 4.01. The lowest BCUT2D eigenvalue weighted by molar-refractivity contribution is 0.708. The van der Waals surface area contributed by atoms with Crippen LogP contribution in [0, 0.1) is 4.64 Å². The molecule has 0 fully saturated rings. The van der Waals surface area contributed by atoms with Gasteiger partial charge in [-0.2, -0.15) is 0 Å². The molecule has 0 unspecified atom stereocenters. The van der Waals surface area contributed by atoms with E-state index < -0.39 is 0 Å². The lowest BCUT2D eigenvalue weighted by Crippen LogP contribution is -2.02. The van der Waals surface area contributed by atoms with Gasteiger partial charge in [0, 0.05) is 23.0 Å². The maximum absolute atomic E-state index is 5.52. The standard InChI is InChI=1S/C16H15N3S2/c20-16-11-4-2-1-3-5-12(11)18-15(19-16)10-8-14-13(17-9-10)6-7-21-14/h6-9H,1-5H2,(H,18,19,20). The molecule has 3 aromatic heterocycles. The van der Waals surface area contributed by atoms with E-state index in [2.05, 4.69) is 26.4 Å². The molecular weight excluding hydrogens is 298 g/mol. The molecule has 1 aliphatic rings. The van der Waals surface area contributed by atoms with Crippen molar-refractivity contribution in [1.82, 2.24) is 15.0 Å². The molecule has 0 saturated heterocycles. The molecule has 1 N–H and O–H groups in total. The fraction of sp³-hybridized carbons (Fsp3) is 0.312. The average Bonchev–Trinajstić information content (AvgIpc) is 2.83. The van der Waals surface area contributed by atoms with Crippen LogP contribution >= 0.6 is 23.6 Å². The first-order valence-electron chi connectivity index (χ1n) is 7.27. The predicted octanol–water partition coefficient (Wildman–Crippen LogP) is 4.68. The largest absolute Gasteiger partial charge is 0.343 e. The van der Waals surface area contributed by atoms with Crippen molar-refractivity contribution in [2.75, 3.05) is 0 Å². The molecule has 3 nitrogen and oxygen atoms in total. The summed E-state index contributed by atoms with van der Waals surface area (Å²) in [6.07, 6.45) is 7.72. The first-order chi connectivity index (χ1) is 10.3. The zero-order valence-electron chi connectivity index (χ0n) is 11.6. The van der Waals surface area contributed by atoms with E-state index in [0.717, 1.165) is 34.4 Å². The van der Waals surface area contributed by atoms with E-state index in [1.807, 2.05) is 12.3 Å². The van der Waals surface area contributed by atoms with Crippen molar-refractivity contribution in [3.63, 3.8) is 0 Å². The van der Waals surface area contributed by atoms with Crippen molar-refractivity contribution in [2.45, 2.75) is 32.1 Å². The molecule has 21 heavy (non-hydrogen) atoms. The van der Waals surface area contributed by atoms with Gasteiger partial charge in [0.25, 0.3) is 0 Å². The van der Waals surface area contributed by atoms with Gasteiger partial charge in [0.15, 0.2) is 0 Å². The van der Waals surface area contributed by atoms with Gasteiger partial charge in [0.1, 0.15) is 10.5 Å². The van der Waals surface area contributed by atoms with Crippen molar-refractivity contribution >= 4 is 33.8 Å². The smallest absolute Gasteiger partial charge is 0.140 e. The number of rotatable bonds is 1. The molecule has 4 rings (SSSR count). The molecule has 0 amide bonds. The first-order valence-corrected chi connectivity index (χ1v) is 8.56. The average molecular weight is 313 g/mol. The number of pyridine rings is 1. The summed E-state index contributed by atoms with van der Waals surface area (Å²) in [5, 5.41) is 2.06. The van der Waals surface area contributed by atoms with E-state index in [1.54, 1.807) is 11.3 Å². The minimum Gasteiger partial charge on any atom is -0.343 e. The summed E-state index contributed by atoms with van der Waals surface area (Å²) in [5.74, 6) is 0.850. The summed E-state index contributed by atoms with van der Waals surface area (Å²) in [5.41, 5.74) is 4.57. The van der Waals surface area contributed by atoms with Crippen LogP contribution in [0.15, 0.2) is 23.7 Å². The van der Waals surface area contributed by atoms with Gasteiger partial charge >= 0.3 is 0 Å². The van der Waals surface area contributed by atoms with Crippen LogP contribution in [0.1, 0.15) is 30.5 Å². The third-order valence-corrected chi connectivity index (χ3v) is 5.23. The molecular formula is C16H15N3S2. The van der Waals surface area contributed by atoms with Gasteiger partial charge in [-0.25, -0.2) is 4.98 Å². The molecule has 106 valence electrons. The highest BCUT2D eigenvalue weighted by Crippen LogP contribution is 2.26. The number of thiophene rings is 1. The van der Waals surface area contributed by atoms with E-state index >= 15 is 0 Å². The number of fused-ring (bicyclic) bond motifs is 2. The predicted molar refractivity (Wildman–Crippen MR) is 89.3 cm³/mol.